The number of aliphatic carboxylic acids is 1. The van der Waals surface area contributed by atoms with Crippen molar-refractivity contribution < 1.29 is 33.0 Å². The lowest BCUT2D eigenvalue weighted by atomic mass is 9.91. The molecule has 11 nitrogen and oxygen atoms in total. The zero-order chi connectivity index (χ0) is 32.0. The van der Waals surface area contributed by atoms with Gasteiger partial charge >= 0.3 is 18.0 Å². The Hall–Kier alpha value is -3.91. The zero-order valence-electron chi connectivity index (χ0n) is 25.3. The molecule has 0 saturated carbocycles. The summed E-state index contributed by atoms with van der Waals surface area (Å²) in [6.07, 6.45) is 1.63. The summed E-state index contributed by atoms with van der Waals surface area (Å²) in [6, 6.07) is 1.27. The average Bonchev–Trinajstić information content (AvgIpc) is 3.57. The van der Waals surface area contributed by atoms with Gasteiger partial charge in [-0.3, -0.25) is 14.7 Å². The number of aromatic nitrogens is 1. The van der Waals surface area contributed by atoms with Crippen molar-refractivity contribution in [2.75, 3.05) is 45.9 Å². The number of piperazine rings is 1. The minimum Gasteiger partial charge on any atom is -0.481 e. The fourth-order valence-electron chi connectivity index (χ4n) is 6.10. The van der Waals surface area contributed by atoms with E-state index in [1.807, 2.05) is 6.92 Å². The monoisotopic (exact) mass is 630 g/mol. The molecule has 0 aliphatic carbocycles. The number of hydrogen-bond acceptors (Lipinski definition) is 9. The first kappa shape index (κ1) is 31.5. The summed E-state index contributed by atoms with van der Waals surface area (Å²) in [4.78, 5) is 53.2. The van der Waals surface area contributed by atoms with Crippen LogP contribution in [0.5, 0.6) is 0 Å². The minimum atomic E-state index is -1.11. The van der Waals surface area contributed by atoms with Gasteiger partial charge in [0, 0.05) is 56.5 Å². The highest BCUT2D eigenvalue weighted by atomic mass is 32.1. The summed E-state index contributed by atoms with van der Waals surface area (Å²) in [5.41, 5.74) is -0.676. The van der Waals surface area contributed by atoms with E-state index in [2.05, 4.69) is 15.2 Å². The number of hydrogen-bond donors (Lipinski definition) is 2. The third-order valence-electron chi connectivity index (χ3n) is 8.37. The summed E-state index contributed by atoms with van der Waals surface area (Å²) in [6.45, 7) is 10.4. The molecule has 2 N–H and O–H groups in total. The van der Waals surface area contributed by atoms with E-state index in [4.69, 9.17) is 9.73 Å². The number of rotatable bonds is 9. The van der Waals surface area contributed by atoms with Crippen LogP contribution in [0.2, 0.25) is 0 Å². The number of amidine groups is 1. The van der Waals surface area contributed by atoms with Crippen molar-refractivity contribution >= 4 is 35.1 Å². The summed E-state index contributed by atoms with van der Waals surface area (Å²) in [5, 5.41) is 15.3. The number of amides is 2. The van der Waals surface area contributed by atoms with E-state index in [9.17, 15) is 28.3 Å². The van der Waals surface area contributed by atoms with Gasteiger partial charge in [-0.1, -0.05) is 6.07 Å². The Morgan fingerprint density at radius 2 is 2.00 bits per heavy atom. The maximum Gasteiger partial charge on any atom is 0.338 e. The molecule has 3 aliphatic heterocycles. The third kappa shape index (κ3) is 5.80. The zero-order valence-corrected chi connectivity index (χ0v) is 26.1. The number of carboxylic acids is 1. The Morgan fingerprint density at radius 3 is 2.66 bits per heavy atom. The molecule has 5 rings (SSSR count). The molecule has 2 saturated heterocycles. The third-order valence-corrected chi connectivity index (χ3v) is 9.15. The molecule has 14 heteroatoms. The van der Waals surface area contributed by atoms with Crippen molar-refractivity contribution in [3.05, 3.63) is 62.7 Å². The number of ether oxygens (including phenoxy) is 1. The molecule has 2 atom stereocenters. The molecule has 2 aromatic rings. The number of nitrogens with one attached hydrogen (secondary N) is 1. The number of halogens is 2. The van der Waals surface area contributed by atoms with Gasteiger partial charge in [-0.2, -0.15) is 0 Å². The van der Waals surface area contributed by atoms with Crippen molar-refractivity contribution in [3.63, 3.8) is 0 Å². The largest absolute Gasteiger partial charge is 0.481 e. The van der Waals surface area contributed by atoms with Crippen LogP contribution in [0, 0.1) is 24.0 Å². The quantitative estimate of drug-likeness (QED) is 0.403. The second kappa shape index (κ2) is 11.9. The van der Waals surface area contributed by atoms with E-state index in [0.717, 1.165) is 6.07 Å². The number of aliphatic imine (C=N–C) groups is 1. The van der Waals surface area contributed by atoms with Gasteiger partial charge in [0.1, 0.15) is 6.04 Å². The summed E-state index contributed by atoms with van der Waals surface area (Å²) < 4.78 is 34.3. The van der Waals surface area contributed by atoms with Gasteiger partial charge in [-0.25, -0.2) is 23.4 Å². The van der Waals surface area contributed by atoms with E-state index in [1.165, 1.54) is 24.3 Å². The Labute approximate surface area is 258 Å². The van der Waals surface area contributed by atoms with Gasteiger partial charge in [0.05, 0.1) is 23.1 Å². The normalized spacial score (nSPS) is 22.6. The Kier molecular flexibility index (Phi) is 8.51. The molecule has 2 amide bonds. The molecular formula is C30H36F2N6O5S. The highest BCUT2D eigenvalue weighted by molar-refractivity contribution is 7.11. The fourth-order valence-corrected chi connectivity index (χ4v) is 6.69. The minimum absolute atomic E-state index is 0.0373. The molecule has 2 fully saturated rings. The lowest BCUT2D eigenvalue weighted by molar-refractivity contribution is -0.147. The highest BCUT2D eigenvalue weighted by Crippen LogP contribution is 2.37. The van der Waals surface area contributed by atoms with Crippen LogP contribution in [0.15, 0.2) is 40.0 Å². The molecule has 0 bridgehead atoms. The van der Waals surface area contributed by atoms with Crippen LogP contribution < -0.4 is 5.32 Å². The number of benzene rings is 1. The fraction of sp³-hybridized carbons (Fsp3) is 0.500. The van der Waals surface area contributed by atoms with Crippen molar-refractivity contribution in [1.29, 1.82) is 0 Å². The van der Waals surface area contributed by atoms with Crippen LogP contribution >= 0.6 is 11.3 Å². The molecule has 0 radical (unpaired) electrons. The molecule has 0 unspecified atom stereocenters. The van der Waals surface area contributed by atoms with Gasteiger partial charge in [-0.15, -0.1) is 11.3 Å². The SMILES string of the molecule is CCOC(=O)C1=C(CN2CCN3C(=O)N(CC(C)(C)C(=O)O)C[C@]3(C)C2)NC(c2nccs2)=N[C@H]1c1ccc(F)c(F)c1C. The molecule has 0 spiro atoms. The first-order valence-corrected chi connectivity index (χ1v) is 15.3. The first-order valence-electron chi connectivity index (χ1n) is 14.4. The van der Waals surface area contributed by atoms with E-state index in [1.54, 1.807) is 42.1 Å². The number of esters is 1. The van der Waals surface area contributed by atoms with Crippen molar-refractivity contribution in [1.82, 2.24) is 25.0 Å². The Morgan fingerprint density at radius 1 is 1.25 bits per heavy atom. The predicted octanol–water partition coefficient (Wildman–Crippen LogP) is 3.56. The van der Waals surface area contributed by atoms with E-state index in [0.29, 0.717) is 48.3 Å². The molecule has 1 aromatic heterocycles. The number of thiazole rings is 1. The molecule has 1 aromatic carbocycles. The van der Waals surface area contributed by atoms with Crippen LogP contribution in [-0.2, 0) is 14.3 Å². The summed E-state index contributed by atoms with van der Waals surface area (Å²) >= 11 is 1.34. The lowest BCUT2D eigenvalue weighted by Gasteiger charge is -2.44. The number of carbonyl (C=O) groups excluding carboxylic acids is 2. The van der Waals surface area contributed by atoms with Gasteiger partial charge in [-0.05, 0) is 51.8 Å². The van der Waals surface area contributed by atoms with Crippen LogP contribution in [0.4, 0.5) is 13.6 Å². The molecule has 4 heterocycles. The first-order chi connectivity index (χ1) is 20.8. The van der Waals surface area contributed by atoms with Crippen molar-refractivity contribution in [3.8, 4) is 0 Å². The number of carbonyl (C=O) groups is 3. The second-order valence-electron chi connectivity index (χ2n) is 12.2. The average molecular weight is 631 g/mol. The van der Waals surface area contributed by atoms with Gasteiger partial charge in [0.25, 0.3) is 0 Å². The second-order valence-corrected chi connectivity index (χ2v) is 13.1. The van der Waals surface area contributed by atoms with E-state index in [-0.39, 0.29) is 36.9 Å². The van der Waals surface area contributed by atoms with E-state index >= 15 is 0 Å². The maximum atomic E-state index is 14.8. The summed E-state index contributed by atoms with van der Waals surface area (Å²) in [5.74, 6) is -3.23. The van der Waals surface area contributed by atoms with Crippen LogP contribution in [-0.4, -0.2) is 100 Å². The van der Waals surface area contributed by atoms with Crippen LogP contribution in [0.1, 0.15) is 49.9 Å². The van der Waals surface area contributed by atoms with Gasteiger partial charge in [0.15, 0.2) is 22.5 Å². The van der Waals surface area contributed by atoms with Crippen molar-refractivity contribution in [2.45, 2.75) is 46.2 Å². The number of urea groups is 1. The van der Waals surface area contributed by atoms with Crippen molar-refractivity contribution in [2.24, 2.45) is 10.4 Å². The van der Waals surface area contributed by atoms with Crippen LogP contribution in [0.3, 0.4) is 0 Å². The summed E-state index contributed by atoms with van der Waals surface area (Å²) in [7, 11) is 0. The molecule has 3 aliphatic rings. The molecule has 44 heavy (non-hydrogen) atoms. The number of nitrogens with zero attached hydrogens (tertiary/aromatic N) is 5. The van der Waals surface area contributed by atoms with Gasteiger partial charge in [0.2, 0.25) is 0 Å². The standard InChI is InChI=1S/C30H36F2N6O5S/c1-6-43-26(39)21-20(13-36-10-11-38-28(42)37(16-30(38,5)15-36)14-29(3,4)27(40)41)34-24(25-33-9-12-44-25)35-23(21)18-7-8-19(31)22(32)17(18)2/h7-9,12,23H,6,10-11,13-16H2,1-5H3,(H,34,35)(H,40,41)/t23-,30-/m0/s1. The Balaban J connectivity index is 1.50. The van der Waals surface area contributed by atoms with Gasteiger partial charge < -0.3 is 25.0 Å². The molecular weight excluding hydrogens is 594 g/mol. The number of carboxylic acid groups (broad SMARTS) is 1. The molecule has 236 valence electrons. The maximum absolute atomic E-state index is 14.8. The Bertz CT molecular complexity index is 1540. The predicted molar refractivity (Wildman–Crippen MR) is 159 cm³/mol. The number of fused-ring (bicyclic) bond motifs is 1. The topological polar surface area (TPSA) is 128 Å². The lowest BCUT2D eigenvalue weighted by Crippen LogP contribution is -2.60. The van der Waals surface area contributed by atoms with Crippen LogP contribution in [0.25, 0.3) is 0 Å². The smallest absolute Gasteiger partial charge is 0.338 e. The van der Waals surface area contributed by atoms with E-state index < -0.39 is 40.6 Å². The highest BCUT2D eigenvalue weighted by Gasteiger charge is 2.51.